The normalized spacial score (nSPS) is 18.2. The Balaban J connectivity index is 1.88. The van der Waals surface area contributed by atoms with Gasteiger partial charge in [-0.25, -0.2) is 8.42 Å². The monoisotopic (exact) mass is 519 g/mol. The van der Waals surface area contributed by atoms with E-state index in [4.69, 9.17) is 21.1 Å². The van der Waals surface area contributed by atoms with Crippen LogP contribution in [0, 0.1) is 12.3 Å². The zero-order valence-electron chi connectivity index (χ0n) is 21.1. The fourth-order valence-electron chi connectivity index (χ4n) is 4.87. The van der Waals surface area contributed by atoms with Gasteiger partial charge in [0.25, 0.3) is 0 Å². The second-order valence-electron chi connectivity index (χ2n) is 10.6. The van der Waals surface area contributed by atoms with E-state index in [-0.39, 0.29) is 16.8 Å². The number of carbonyl (C=O) groups excluding carboxylic acids is 1. The quantitative estimate of drug-likeness (QED) is 0.491. The highest BCUT2D eigenvalue weighted by Gasteiger charge is 2.48. The van der Waals surface area contributed by atoms with Crippen LogP contribution < -0.4 is 9.64 Å². The lowest BCUT2D eigenvalue weighted by atomic mass is 9.88. The first-order valence-corrected chi connectivity index (χ1v) is 13.9. The van der Waals surface area contributed by atoms with E-state index in [1.165, 1.54) is 0 Å². The molecule has 2 aromatic carbocycles. The number of hydrogen-bond acceptors (Lipinski definition) is 5. The summed E-state index contributed by atoms with van der Waals surface area (Å²) in [5, 5.41) is 0.482. The highest BCUT2D eigenvalue weighted by molar-refractivity contribution is 7.92. The van der Waals surface area contributed by atoms with Crippen molar-refractivity contribution in [1.82, 2.24) is 0 Å². The summed E-state index contributed by atoms with van der Waals surface area (Å²) in [5.41, 5.74) is 1.65. The lowest BCUT2D eigenvalue weighted by Crippen LogP contribution is -2.43. The number of anilines is 1. The van der Waals surface area contributed by atoms with Gasteiger partial charge < -0.3 is 14.4 Å². The van der Waals surface area contributed by atoms with E-state index in [1.807, 2.05) is 44.7 Å². The average Bonchev–Trinajstić information content (AvgIpc) is 3.65. The van der Waals surface area contributed by atoms with Crippen LogP contribution in [-0.4, -0.2) is 40.7 Å². The molecule has 1 saturated heterocycles. The maximum atomic E-state index is 14.1. The molecular formula is C27H34ClNO5S. The highest BCUT2D eigenvalue weighted by atomic mass is 35.5. The Morgan fingerprint density at radius 2 is 1.71 bits per heavy atom. The van der Waals surface area contributed by atoms with Gasteiger partial charge >= 0.3 is 0 Å². The standard InChI is InChI=1S/C27H34ClNO5S/c1-18-16-19(17-23(33-5)24(18)29(21-8-9-21)25(30)26(2,3)4)27(12-14-34-15-13-27)35(31,32)22-10-6-20(28)7-11-22/h6-7,10-11,16-17,21H,8-9,12-15H2,1-5H3. The number of rotatable bonds is 6. The first-order valence-electron chi connectivity index (χ1n) is 12.0. The maximum absolute atomic E-state index is 14.1. The largest absolute Gasteiger partial charge is 0.495 e. The van der Waals surface area contributed by atoms with Gasteiger partial charge in [0, 0.05) is 29.7 Å². The minimum atomic E-state index is -3.79. The van der Waals surface area contributed by atoms with Gasteiger partial charge in [0.05, 0.1) is 17.7 Å². The topological polar surface area (TPSA) is 72.9 Å². The third kappa shape index (κ3) is 4.70. The lowest BCUT2D eigenvalue weighted by Gasteiger charge is -2.38. The summed E-state index contributed by atoms with van der Waals surface area (Å²) in [6.45, 7) is 8.34. The fraction of sp³-hybridized carbons (Fsp3) is 0.519. The summed E-state index contributed by atoms with van der Waals surface area (Å²) in [4.78, 5) is 15.5. The van der Waals surface area contributed by atoms with Gasteiger partial charge in [-0.05, 0) is 74.1 Å². The van der Waals surface area contributed by atoms with Crippen LogP contribution in [0.3, 0.4) is 0 Å². The van der Waals surface area contributed by atoms with Crippen LogP contribution in [0.25, 0.3) is 0 Å². The molecule has 1 aliphatic carbocycles. The third-order valence-electron chi connectivity index (χ3n) is 6.96. The van der Waals surface area contributed by atoms with Gasteiger partial charge in [0.15, 0.2) is 9.84 Å². The van der Waals surface area contributed by atoms with E-state index in [9.17, 15) is 13.2 Å². The Morgan fingerprint density at radius 1 is 1.11 bits per heavy atom. The van der Waals surface area contributed by atoms with Gasteiger partial charge in [0.1, 0.15) is 10.5 Å². The van der Waals surface area contributed by atoms with Gasteiger partial charge in [0.2, 0.25) is 5.91 Å². The Bertz CT molecular complexity index is 1210. The van der Waals surface area contributed by atoms with Crippen LogP contribution in [-0.2, 0) is 24.1 Å². The molecule has 6 nitrogen and oxygen atoms in total. The molecule has 2 aliphatic rings. The van der Waals surface area contributed by atoms with Crippen LogP contribution in [0.4, 0.5) is 5.69 Å². The number of carbonyl (C=O) groups is 1. The molecule has 0 spiro atoms. The van der Waals surface area contributed by atoms with Crippen molar-refractivity contribution in [3.8, 4) is 5.75 Å². The molecule has 190 valence electrons. The van der Waals surface area contributed by atoms with Crippen molar-refractivity contribution >= 4 is 33.0 Å². The molecule has 0 atom stereocenters. The van der Waals surface area contributed by atoms with Gasteiger partial charge in [-0.2, -0.15) is 0 Å². The molecule has 1 saturated carbocycles. The summed E-state index contributed by atoms with van der Waals surface area (Å²) >= 11 is 6.03. The minimum absolute atomic E-state index is 0.0312. The fourth-order valence-corrected chi connectivity index (χ4v) is 7.08. The molecule has 0 N–H and O–H groups in total. The molecular weight excluding hydrogens is 486 g/mol. The maximum Gasteiger partial charge on any atom is 0.232 e. The Kier molecular flexibility index (Phi) is 6.99. The van der Waals surface area contributed by atoms with Crippen LogP contribution >= 0.6 is 11.6 Å². The number of hydrogen-bond donors (Lipinski definition) is 0. The number of benzene rings is 2. The molecule has 1 aliphatic heterocycles. The number of nitrogens with zero attached hydrogens (tertiary/aromatic N) is 1. The number of aryl methyl sites for hydroxylation is 1. The molecule has 0 aromatic heterocycles. The van der Waals surface area contributed by atoms with E-state index in [0.717, 1.165) is 24.1 Å². The Hall–Kier alpha value is -2.09. The highest BCUT2D eigenvalue weighted by Crippen LogP contribution is 2.48. The van der Waals surface area contributed by atoms with Crippen LogP contribution in [0.15, 0.2) is 41.3 Å². The first-order chi connectivity index (χ1) is 16.4. The summed E-state index contributed by atoms with van der Waals surface area (Å²) in [7, 11) is -2.22. The lowest BCUT2D eigenvalue weighted by molar-refractivity contribution is -0.125. The van der Waals surface area contributed by atoms with E-state index >= 15 is 0 Å². The van der Waals surface area contributed by atoms with E-state index in [1.54, 1.807) is 31.4 Å². The number of methoxy groups -OCH3 is 1. The molecule has 2 aromatic rings. The molecule has 8 heteroatoms. The average molecular weight is 520 g/mol. The van der Waals surface area contributed by atoms with E-state index in [0.29, 0.717) is 42.4 Å². The zero-order chi connectivity index (χ0) is 25.6. The zero-order valence-corrected chi connectivity index (χ0v) is 22.6. The van der Waals surface area contributed by atoms with Crippen molar-refractivity contribution in [2.45, 2.75) is 69.1 Å². The van der Waals surface area contributed by atoms with Crippen molar-refractivity contribution in [3.05, 3.63) is 52.5 Å². The molecule has 2 fully saturated rings. The number of ether oxygens (including phenoxy) is 2. The van der Waals surface area contributed by atoms with Crippen molar-refractivity contribution in [3.63, 3.8) is 0 Å². The van der Waals surface area contributed by atoms with Gasteiger partial charge in [-0.3, -0.25) is 4.79 Å². The van der Waals surface area contributed by atoms with E-state index < -0.39 is 20.0 Å². The minimum Gasteiger partial charge on any atom is -0.495 e. The Morgan fingerprint density at radius 3 is 2.23 bits per heavy atom. The summed E-state index contributed by atoms with van der Waals surface area (Å²) < 4.78 is 38.4. The van der Waals surface area contributed by atoms with Crippen molar-refractivity contribution < 1.29 is 22.7 Å². The van der Waals surface area contributed by atoms with Crippen molar-refractivity contribution in [2.75, 3.05) is 25.2 Å². The smallest absolute Gasteiger partial charge is 0.232 e. The summed E-state index contributed by atoms with van der Waals surface area (Å²) in [6.07, 6.45) is 2.54. The SMILES string of the molecule is COc1cc(C2(S(=O)(=O)c3ccc(Cl)cc3)CCOCC2)cc(C)c1N(C(=O)C(C)(C)C)C1CC1. The van der Waals surface area contributed by atoms with Gasteiger partial charge in [-0.15, -0.1) is 0 Å². The molecule has 1 heterocycles. The molecule has 4 rings (SSSR count). The second-order valence-corrected chi connectivity index (χ2v) is 13.3. The van der Waals surface area contributed by atoms with Crippen molar-refractivity contribution in [1.29, 1.82) is 0 Å². The molecule has 1 amide bonds. The predicted octanol–water partition coefficient (Wildman–Crippen LogP) is 5.68. The molecule has 0 unspecified atom stereocenters. The molecule has 0 radical (unpaired) electrons. The summed E-state index contributed by atoms with van der Waals surface area (Å²) in [6, 6.07) is 10.2. The van der Waals surface area contributed by atoms with Gasteiger partial charge in [-0.1, -0.05) is 38.4 Å². The number of halogens is 1. The molecule has 35 heavy (non-hydrogen) atoms. The second kappa shape index (κ2) is 9.41. The Labute approximate surface area is 213 Å². The predicted molar refractivity (Wildman–Crippen MR) is 138 cm³/mol. The third-order valence-corrected chi connectivity index (χ3v) is 9.78. The molecule has 0 bridgehead atoms. The summed E-state index contributed by atoms with van der Waals surface area (Å²) in [5.74, 6) is 0.547. The van der Waals surface area contributed by atoms with Crippen LogP contribution in [0.5, 0.6) is 5.75 Å². The first kappa shape index (κ1) is 26.0. The van der Waals surface area contributed by atoms with E-state index in [2.05, 4.69) is 0 Å². The van der Waals surface area contributed by atoms with Crippen LogP contribution in [0.2, 0.25) is 5.02 Å². The number of sulfone groups is 1. The van der Waals surface area contributed by atoms with Crippen LogP contribution in [0.1, 0.15) is 57.6 Å². The van der Waals surface area contributed by atoms with Crippen molar-refractivity contribution in [2.24, 2.45) is 5.41 Å². The number of amides is 1.